The monoisotopic (exact) mass is 1400 g/mol. The van der Waals surface area contributed by atoms with E-state index >= 15 is 0 Å². The largest absolute Gasteiger partial charge is 0.368 e. The van der Waals surface area contributed by atoms with Gasteiger partial charge < -0.3 is 34.5 Å². The number of carbonyl (C=O) groups excluding carboxylic acids is 2. The van der Waals surface area contributed by atoms with Crippen LogP contribution in [0.3, 0.4) is 0 Å². The van der Waals surface area contributed by atoms with Gasteiger partial charge in [-0.25, -0.2) is 4.79 Å². The van der Waals surface area contributed by atoms with Crippen molar-refractivity contribution in [2.45, 2.75) is 349 Å². The van der Waals surface area contributed by atoms with Gasteiger partial charge in [0.2, 0.25) is 0 Å². The predicted octanol–water partition coefficient (Wildman–Crippen LogP) is 24.0. The Hall–Kier alpha value is -3.46. The molecule has 2 N–H and O–H groups in total. The molecular formula is C88H164N6O6. The highest BCUT2D eigenvalue weighted by Crippen LogP contribution is 2.16. The van der Waals surface area contributed by atoms with Gasteiger partial charge in [-0.1, -0.05) is 279 Å². The summed E-state index contributed by atoms with van der Waals surface area (Å²) in [6.07, 6.45) is 98.6. The lowest BCUT2D eigenvalue weighted by atomic mass is 10.1. The van der Waals surface area contributed by atoms with Crippen molar-refractivity contribution in [3.63, 3.8) is 0 Å². The minimum Gasteiger partial charge on any atom is -0.368 e. The van der Waals surface area contributed by atoms with Crippen LogP contribution in [0.15, 0.2) is 97.2 Å². The second-order valence-electron chi connectivity index (χ2n) is 28.9. The Balaban J connectivity index is 0.00000169. The number of likely N-dealkylation sites (N-methyl/N-ethyl adjacent to an activating group) is 2. The smallest absolute Gasteiger partial charge is 0.343 e. The number of nitrogens with zero attached hydrogens (tertiary/aromatic N) is 6. The summed E-state index contributed by atoms with van der Waals surface area (Å²) in [6.45, 7) is 22.3. The third-order valence-corrected chi connectivity index (χ3v) is 19.2. The molecule has 0 aliphatic carbocycles. The molecule has 2 aliphatic rings. The molecule has 0 unspecified atom stereocenters. The number of rotatable bonds is 67. The predicted molar refractivity (Wildman–Crippen MR) is 434 cm³/mol. The Kier molecular flexibility index (Phi) is 78.4. The molecule has 0 amide bonds. The summed E-state index contributed by atoms with van der Waals surface area (Å²) in [7, 11) is 4.25. The summed E-state index contributed by atoms with van der Waals surface area (Å²) in [6, 6.07) is 0. The van der Waals surface area contributed by atoms with Crippen molar-refractivity contribution in [2.24, 2.45) is 0 Å². The number of hydrogen-bond donors (Lipinski definition) is 2. The molecule has 2 fully saturated rings. The van der Waals surface area contributed by atoms with E-state index in [0.717, 1.165) is 136 Å². The molecule has 0 saturated carbocycles. The highest BCUT2D eigenvalue weighted by atomic mass is 17.1. The molecule has 2 saturated heterocycles. The first-order chi connectivity index (χ1) is 49.2. The zero-order chi connectivity index (χ0) is 72.6. The number of hydroxylamine groups is 4. The van der Waals surface area contributed by atoms with E-state index in [-0.39, 0.29) is 12.4 Å². The summed E-state index contributed by atoms with van der Waals surface area (Å²) in [5.74, 6) is -0.613. The normalized spacial score (nSPS) is 14.7. The molecule has 582 valence electrons. The van der Waals surface area contributed by atoms with Crippen LogP contribution in [-0.2, 0) is 19.3 Å². The Morgan fingerprint density at radius 2 is 0.540 bits per heavy atom. The van der Waals surface area contributed by atoms with E-state index in [2.05, 4.69) is 163 Å². The van der Waals surface area contributed by atoms with E-state index < -0.39 is 5.97 Å². The average molecular weight is 1400 g/mol. The maximum absolute atomic E-state index is 12.8. The third kappa shape index (κ3) is 75.7. The minimum absolute atomic E-state index is 0.0565. The van der Waals surface area contributed by atoms with Crippen LogP contribution in [0, 0.1) is 0 Å². The van der Waals surface area contributed by atoms with E-state index in [9.17, 15) is 14.8 Å². The van der Waals surface area contributed by atoms with Crippen molar-refractivity contribution in [1.82, 2.24) is 29.7 Å². The lowest BCUT2D eigenvalue weighted by Crippen LogP contribution is -2.45. The Labute approximate surface area is 620 Å². The summed E-state index contributed by atoms with van der Waals surface area (Å²) < 4.78 is 0. The van der Waals surface area contributed by atoms with Gasteiger partial charge in [0, 0.05) is 91.6 Å². The number of carbonyl (C=O) groups is 2. The minimum atomic E-state index is -0.557. The molecule has 0 radical (unpaired) electrons. The summed E-state index contributed by atoms with van der Waals surface area (Å²) in [5.41, 5.74) is 0. The molecule has 100 heavy (non-hydrogen) atoms. The molecule has 0 aromatic heterocycles. The van der Waals surface area contributed by atoms with Gasteiger partial charge in [0.05, 0.1) is 12.8 Å². The first kappa shape index (κ1) is 96.5. The summed E-state index contributed by atoms with van der Waals surface area (Å²) in [5, 5.41) is 21.7. The van der Waals surface area contributed by atoms with Crippen LogP contribution >= 0.6 is 0 Å². The van der Waals surface area contributed by atoms with Gasteiger partial charge in [0.25, 0.3) is 0 Å². The average Bonchev–Trinajstić information content (AvgIpc) is 1.14. The summed E-state index contributed by atoms with van der Waals surface area (Å²) >= 11 is 0. The van der Waals surface area contributed by atoms with Crippen molar-refractivity contribution in [2.75, 3.05) is 106 Å². The second kappa shape index (κ2) is 81.2. The Bertz CT molecular complexity index is 1840. The van der Waals surface area contributed by atoms with Crippen LogP contribution in [-0.4, -0.2) is 158 Å². The number of hydrogen-bond acceptors (Lipinski definition) is 12. The third-order valence-electron chi connectivity index (χ3n) is 19.2. The molecule has 2 aliphatic heterocycles. The molecule has 12 heteroatoms. The maximum Gasteiger partial charge on any atom is 0.343 e. The van der Waals surface area contributed by atoms with Gasteiger partial charge >= 0.3 is 11.9 Å². The molecule has 0 aromatic rings. The van der Waals surface area contributed by atoms with Gasteiger partial charge in [-0.15, -0.1) is 5.06 Å². The zero-order valence-corrected chi connectivity index (χ0v) is 66.7. The summed E-state index contributed by atoms with van der Waals surface area (Å²) in [4.78, 5) is 42.1. The van der Waals surface area contributed by atoms with Gasteiger partial charge in [0.1, 0.15) is 0 Å². The van der Waals surface area contributed by atoms with E-state index in [1.165, 1.54) is 257 Å². The van der Waals surface area contributed by atoms with Crippen LogP contribution in [0.5, 0.6) is 0 Å². The standard InChI is InChI=1S/C44H81N3O2.C36H67NO.C8H16N2O3/c1-4-6-8-10-12-14-16-18-20-22-24-26-28-30-32-34-37-47(49-44(48)36-39-46-42-40-45(3)41-43-46)38-35-33-31-29-27-25-23-21-19-17-15-13-11-9-7-5-2;1-3-5-7-9-11-13-15-17-19-21-23-25-27-29-31-33-35-37(38)36-34-32-30-28-26-24-22-20-18-16-14-12-10-8-6-4-2;1-9-4-6-10(7-5-9)3-2-8(11)13-12/h12-15,18-21H,4-11,16-17,22-43H2,1-3H3;11-14,17-20,38H,3-10,15-16,21-36H2,1-2H3;12H,2-7H2,1H3/b14-12-,15-13-,20-18-,21-19-;13-11-,14-12-,19-17-,20-18-;. The van der Waals surface area contributed by atoms with Crippen molar-refractivity contribution < 1.29 is 29.8 Å². The van der Waals surface area contributed by atoms with Crippen molar-refractivity contribution in [3.8, 4) is 0 Å². The van der Waals surface area contributed by atoms with Crippen LogP contribution in [0.25, 0.3) is 0 Å². The highest BCUT2D eigenvalue weighted by Gasteiger charge is 2.18. The lowest BCUT2D eigenvalue weighted by Gasteiger charge is -2.32. The van der Waals surface area contributed by atoms with E-state index in [4.69, 9.17) is 10.1 Å². The lowest BCUT2D eigenvalue weighted by molar-refractivity contribution is -0.234. The molecule has 0 atom stereocenters. The molecule has 0 spiro atoms. The molecule has 12 nitrogen and oxygen atoms in total. The fourth-order valence-electron chi connectivity index (χ4n) is 12.3. The second-order valence-corrected chi connectivity index (χ2v) is 28.9. The van der Waals surface area contributed by atoms with Gasteiger partial charge in [-0.2, -0.15) is 10.3 Å². The van der Waals surface area contributed by atoms with E-state index in [0.29, 0.717) is 13.0 Å². The van der Waals surface area contributed by atoms with Gasteiger partial charge in [-0.3, -0.25) is 4.79 Å². The molecule has 2 rings (SSSR count). The highest BCUT2D eigenvalue weighted by molar-refractivity contribution is 5.69. The quantitative estimate of drug-likeness (QED) is 0.0262. The number of allylic oxidation sites excluding steroid dienone is 16. The number of piperazine rings is 2. The maximum atomic E-state index is 12.8. The Morgan fingerprint density at radius 1 is 0.310 bits per heavy atom. The van der Waals surface area contributed by atoms with Crippen LogP contribution in [0.1, 0.15) is 349 Å². The fraction of sp³-hybridized carbons (Fsp3) is 0.795. The molecular weight excluding hydrogens is 1240 g/mol. The van der Waals surface area contributed by atoms with Crippen molar-refractivity contribution in [3.05, 3.63) is 97.2 Å². The van der Waals surface area contributed by atoms with Crippen LogP contribution in [0.2, 0.25) is 0 Å². The van der Waals surface area contributed by atoms with Gasteiger partial charge in [0.15, 0.2) is 0 Å². The molecule has 0 bridgehead atoms. The molecule has 2 heterocycles. The topological polar surface area (TPSA) is 113 Å². The van der Waals surface area contributed by atoms with E-state index in [1.54, 1.807) is 5.06 Å². The van der Waals surface area contributed by atoms with Gasteiger partial charge in [-0.05, 0) is 168 Å². The first-order valence-electron chi connectivity index (χ1n) is 42.4. The molecule has 0 aromatic carbocycles. The van der Waals surface area contributed by atoms with Crippen LogP contribution < -0.4 is 0 Å². The number of unbranched alkanes of at least 4 members (excludes halogenated alkanes) is 36. The fourth-order valence-corrected chi connectivity index (χ4v) is 12.3. The zero-order valence-electron chi connectivity index (χ0n) is 66.7. The van der Waals surface area contributed by atoms with Crippen molar-refractivity contribution in [1.29, 1.82) is 0 Å². The van der Waals surface area contributed by atoms with E-state index in [1.807, 2.05) is 5.06 Å². The first-order valence-corrected chi connectivity index (χ1v) is 42.4. The SMILES string of the molecule is CCCCC/C=C\C/C=C\CCCCCCCCN(CCCCCCCC/C=C\C/C=C\CCCCC)OC(=O)CCN1CCN(C)CC1.CCCCC/C=C\C/C=C\CCCCCCCCN(O)CCCCCCCC/C=C\C/C=C\CCCCC.CN1CCN(CCC(=O)OO)CC1. The van der Waals surface area contributed by atoms with Crippen LogP contribution in [0.4, 0.5) is 0 Å². The van der Waals surface area contributed by atoms with Crippen molar-refractivity contribution >= 4 is 11.9 Å². The Morgan fingerprint density at radius 3 is 0.800 bits per heavy atom.